The molecule has 2 nitrogen and oxygen atoms in total. The van der Waals surface area contributed by atoms with Crippen LogP contribution in [0.25, 0.3) is 0 Å². The van der Waals surface area contributed by atoms with Crippen molar-refractivity contribution in [1.82, 2.24) is 0 Å². The number of unbranched alkanes of at least 4 members (excludes halogenated alkanes) is 5. The fourth-order valence-electron chi connectivity index (χ4n) is 6.09. The van der Waals surface area contributed by atoms with Gasteiger partial charge in [0.05, 0.1) is 6.61 Å². The first-order valence-corrected chi connectivity index (χ1v) is 13.5. The molecule has 2 aliphatic rings. The van der Waals surface area contributed by atoms with E-state index in [1.54, 1.807) is 0 Å². The molecule has 6 heteroatoms. The molecule has 0 N–H and O–H groups in total. The maximum Gasteiger partial charge on any atom is 0.573 e. The fourth-order valence-corrected chi connectivity index (χ4v) is 6.09. The van der Waals surface area contributed by atoms with Crippen LogP contribution in [0.15, 0.2) is 18.2 Å². The van der Waals surface area contributed by atoms with Gasteiger partial charge in [-0.15, -0.1) is 13.2 Å². The van der Waals surface area contributed by atoms with Gasteiger partial charge in [0.2, 0.25) is 0 Å². The monoisotopic (exact) mass is 486 g/mol. The Morgan fingerprint density at radius 1 is 0.882 bits per heavy atom. The smallest absolute Gasteiger partial charge is 0.493 e. The Bertz CT molecular complexity index is 720. The molecule has 0 aromatic heterocycles. The molecule has 0 spiro atoms. The van der Waals surface area contributed by atoms with E-state index in [-0.39, 0.29) is 11.2 Å². The third kappa shape index (κ3) is 8.64. The normalized spacial score (nSPS) is 24.2. The Hall–Kier alpha value is -1.46. The summed E-state index contributed by atoms with van der Waals surface area (Å²) in [6.45, 7) is 2.72. The zero-order chi connectivity index (χ0) is 24.4. The van der Waals surface area contributed by atoms with Gasteiger partial charge in [-0.05, 0) is 56.1 Å². The molecule has 0 aliphatic heterocycles. The third-order valence-electron chi connectivity index (χ3n) is 8.14. The van der Waals surface area contributed by atoms with E-state index in [0.717, 1.165) is 43.2 Å². The average molecular weight is 487 g/mol. The number of alkyl halides is 3. The fraction of sp³-hybridized carbons (Fsp3) is 0.786. The van der Waals surface area contributed by atoms with Gasteiger partial charge in [-0.3, -0.25) is 0 Å². The predicted octanol–water partition coefficient (Wildman–Crippen LogP) is 9.61. The lowest BCUT2D eigenvalue weighted by Gasteiger charge is -2.43. The van der Waals surface area contributed by atoms with Crippen LogP contribution in [0, 0.1) is 23.1 Å². The van der Waals surface area contributed by atoms with E-state index in [1.165, 1.54) is 89.5 Å². The maximum atomic E-state index is 14.1. The van der Waals surface area contributed by atoms with E-state index < -0.39 is 17.9 Å². The summed E-state index contributed by atoms with van der Waals surface area (Å²) in [6.07, 6.45) is 15.2. The molecule has 194 valence electrons. The highest BCUT2D eigenvalue weighted by Crippen LogP contribution is 2.47. The van der Waals surface area contributed by atoms with Crippen molar-refractivity contribution in [3.63, 3.8) is 0 Å². The van der Waals surface area contributed by atoms with Crippen LogP contribution in [0.5, 0.6) is 11.5 Å². The van der Waals surface area contributed by atoms with Gasteiger partial charge in [-0.25, -0.2) is 4.39 Å². The second-order valence-electron chi connectivity index (χ2n) is 10.7. The van der Waals surface area contributed by atoms with Gasteiger partial charge in [0.25, 0.3) is 0 Å². The highest BCUT2D eigenvalue weighted by atomic mass is 19.4. The molecule has 0 unspecified atom stereocenters. The molecule has 1 aromatic carbocycles. The summed E-state index contributed by atoms with van der Waals surface area (Å²) >= 11 is 0. The van der Waals surface area contributed by atoms with Gasteiger partial charge in [-0.1, -0.05) is 77.6 Å². The molecule has 0 radical (unpaired) electrons. The second kappa shape index (κ2) is 13.0. The first-order valence-electron chi connectivity index (χ1n) is 13.5. The molecular formula is C28H42F4O2. The molecule has 1 aromatic rings. The van der Waals surface area contributed by atoms with Crippen molar-refractivity contribution in [2.75, 3.05) is 6.61 Å². The first-order chi connectivity index (χ1) is 16.3. The summed E-state index contributed by atoms with van der Waals surface area (Å²) in [4.78, 5) is 0. The van der Waals surface area contributed by atoms with Crippen molar-refractivity contribution in [3.8, 4) is 11.5 Å². The summed E-state index contributed by atoms with van der Waals surface area (Å²) in [6, 6.07) is 3.38. The molecule has 2 saturated carbocycles. The molecule has 3 rings (SSSR count). The zero-order valence-electron chi connectivity index (χ0n) is 20.7. The number of benzene rings is 1. The minimum Gasteiger partial charge on any atom is -0.493 e. The predicted molar refractivity (Wildman–Crippen MR) is 128 cm³/mol. The van der Waals surface area contributed by atoms with Gasteiger partial charge in [0.1, 0.15) is 5.75 Å². The standard InChI is InChI=1S/C28H42F4O2/c1-2-3-4-5-6-10-17-27(18-15-23(16-19-27)22-11-8-7-9-12-22)21-33-24-13-14-26(25(29)20-24)34-28(30,31)32/h13-14,20,22-23H,2-12,15-19,21H2,1H3. The maximum absolute atomic E-state index is 14.1. The lowest BCUT2D eigenvalue weighted by molar-refractivity contribution is -0.275. The van der Waals surface area contributed by atoms with Gasteiger partial charge in [0.15, 0.2) is 11.6 Å². The van der Waals surface area contributed by atoms with Gasteiger partial charge >= 0.3 is 6.36 Å². The average Bonchev–Trinajstić information content (AvgIpc) is 2.82. The lowest BCUT2D eigenvalue weighted by Crippen LogP contribution is -2.35. The minimum atomic E-state index is -4.92. The number of hydrogen-bond donors (Lipinski definition) is 0. The van der Waals surface area contributed by atoms with E-state index in [9.17, 15) is 17.6 Å². The Morgan fingerprint density at radius 3 is 2.18 bits per heavy atom. The van der Waals surface area contributed by atoms with Gasteiger partial charge in [-0.2, -0.15) is 0 Å². The SMILES string of the molecule is CCCCCCCCC1(COc2ccc(OC(F)(F)F)c(F)c2)CCC(C2CCCCC2)CC1. The molecule has 2 aliphatic carbocycles. The van der Waals surface area contributed by atoms with E-state index in [1.807, 2.05) is 0 Å². The third-order valence-corrected chi connectivity index (χ3v) is 8.14. The Balaban J connectivity index is 1.58. The Morgan fingerprint density at radius 2 is 1.53 bits per heavy atom. The molecule has 0 atom stereocenters. The quantitative estimate of drug-likeness (QED) is 0.216. The molecule has 0 heterocycles. The van der Waals surface area contributed by atoms with Crippen molar-refractivity contribution in [2.45, 2.75) is 116 Å². The van der Waals surface area contributed by atoms with E-state index in [4.69, 9.17) is 4.74 Å². The first kappa shape index (κ1) is 27.1. The van der Waals surface area contributed by atoms with E-state index in [0.29, 0.717) is 6.61 Å². The van der Waals surface area contributed by atoms with E-state index >= 15 is 0 Å². The van der Waals surface area contributed by atoms with Crippen LogP contribution in [0.1, 0.15) is 110 Å². The minimum absolute atomic E-state index is 0.0769. The van der Waals surface area contributed by atoms with Crippen LogP contribution in [0.3, 0.4) is 0 Å². The number of hydrogen-bond acceptors (Lipinski definition) is 2. The molecular weight excluding hydrogens is 444 g/mol. The molecule has 0 saturated heterocycles. The summed E-state index contributed by atoms with van der Waals surface area (Å²) in [5.41, 5.74) is 0.0769. The number of ether oxygens (including phenoxy) is 2. The number of rotatable bonds is 12. The van der Waals surface area contributed by atoms with Gasteiger partial charge in [0, 0.05) is 11.5 Å². The molecule has 2 fully saturated rings. The van der Waals surface area contributed by atoms with Crippen LogP contribution in [0.2, 0.25) is 0 Å². The molecule has 0 amide bonds. The van der Waals surface area contributed by atoms with Crippen molar-refractivity contribution in [3.05, 3.63) is 24.0 Å². The topological polar surface area (TPSA) is 18.5 Å². The Kier molecular flexibility index (Phi) is 10.4. The molecule has 34 heavy (non-hydrogen) atoms. The highest BCUT2D eigenvalue weighted by Gasteiger charge is 2.38. The molecule has 0 bridgehead atoms. The van der Waals surface area contributed by atoms with Crippen molar-refractivity contribution in [1.29, 1.82) is 0 Å². The number of halogens is 4. The summed E-state index contributed by atoms with van der Waals surface area (Å²) in [5.74, 6) is 0.0744. The van der Waals surface area contributed by atoms with Crippen LogP contribution < -0.4 is 9.47 Å². The van der Waals surface area contributed by atoms with Crippen LogP contribution in [-0.4, -0.2) is 13.0 Å². The second-order valence-corrected chi connectivity index (χ2v) is 10.7. The van der Waals surface area contributed by atoms with Crippen LogP contribution in [0.4, 0.5) is 17.6 Å². The zero-order valence-corrected chi connectivity index (χ0v) is 20.7. The Labute approximate surface area is 202 Å². The van der Waals surface area contributed by atoms with Crippen LogP contribution >= 0.6 is 0 Å². The van der Waals surface area contributed by atoms with Crippen molar-refractivity contribution < 1.29 is 27.0 Å². The van der Waals surface area contributed by atoms with Crippen molar-refractivity contribution >= 4 is 0 Å². The highest BCUT2D eigenvalue weighted by molar-refractivity contribution is 5.33. The summed E-state index contributed by atoms with van der Waals surface area (Å²) in [5, 5.41) is 0. The summed E-state index contributed by atoms with van der Waals surface area (Å²) < 4.78 is 61.2. The summed E-state index contributed by atoms with van der Waals surface area (Å²) in [7, 11) is 0. The largest absolute Gasteiger partial charge is 0.573 e. The van der Waals surface area contributed by atoms with Crippen LogP contribution in [-0.2, 0) is 0 Å². The van der Waals surface area contributed by atoms with Crippen molar-refractivity contribution in [2.24, 2.45) is 17.3 Å². The lowest BCUT2D eigenvalue weighted by atomic mass is 9.64. The van der Waals surface area contributed by atoms with Gasteiger partial charge < -0.3 is 9.47 Å². The van der Waals surface area contributed by atoms with E-state index in [2.05, 4.69) is 11.7 Å².